The summed E-state index contributed by atoms with van der Waals surface area (Å²) in [4.78, 5) is 29.6. The van der Waals surface area contributed by atoms with E-state index in [1.807, 2.05) is 41.3 Å². The van der Waals surface area contributed by atoms with Gasteiger partial charge in [-0.15, -0.1) is 0 Å². The van der Waals surface area contributed by atoms with Crippen LogP contribution < -0.4 is 19.1 Å². The molecule has 0 aromatic heterocycles. The van der Waals surface area contributed by atoms with Crippen molar-refractivity contribution in [3.8, 4) is 17.2 Å². The first kappa shape index (κ1) is 19.5. The predicted molar refractivity (Wildman–Crippen MR) is 115 cm³/mol. The number of piperidine rings is 1. The molecule has 0 saturated carbocycles. The molecular weight excluding hydrogens is 396 g/mol. The number of ether oxygens (including phenoxy) is 3. The SMILES string of the molecule is O=C([C@@H]1CN(C(=O)/C=C/c2ccc3c(c2)OCO3)c2ccccc2O1)N1CCCCC1. The highest BCUT2D eigenvalue weighted by Crippen LogP contribution is 2.35. The van der Waals surface area contributed by atoms with Crippen molar-refractivity contribution in [2.75, 3.05) is 31.3 Å². The van der Waals surface area contributed by atoms with Gasteiger partial charge in [0.1, 0.15) is 5.75 Å². The van der Waals surface area contributed by atoms with Gasteiger partial charge in [-0.1, -0.05) is 18.2 Å². The zero-order valence-corrected chi connectivity index (χ0v) is 17.2. The molecule has 2 aromatic carbocycles. The van der Waals surface area contributed by atoms with Crippen molar-refractivity contribution in [2.45, 2.75) is 25.4 Å². The molecule has 0 aliphatic carbocycles. The van der Waals surface area contributed by atoms with E-state index in [4.69, 9.17) is 14.2 Å². The van der Waals surface area contributed by atoms with Gasteiger partial charge in [0.2, 0.25) is 6.79 Å². The fourth-order valence-corrected chi connectivity index (χ4v) is 4.16. The summed E-state index contributed by atoms with van der Waals surface area (Å²) >= 11 is 0. The number of hydrogen-bond donors (Lipinski definition) is 0. The van der Waals surface area contributed by atoms with E-state index in [1.165, 1.54) is 6.08 Å². The molecule has 0 N–H and O–H groups in total. The van der Waals surface area contributed by atoms with E-state index in [0.29, 0.717) is 22.9 Å². The van der Waals surface area contributed by atoms with Crippen LogP contribution in [0, 0.1) is 0 Å². The van der Waals surface area contributed by atoms with Crippen LogP contribution in [-0.4, -0.2) is 49.2 Å². The predicted octanol–water partition coefficient (Wildman–Crippen LogP) is 3.24. The number of benzene rings is 2. The topological polar surface area (TPSA) is 68.3 Å². The Bertz CT molecular complexity index is 1030. The average molecular weight is 420 g/mol. The van der Waals surface area contributed by atoms with Gasteiger partial charge in [-0.05, 0) is 55.2 Å². The van der Waals surface area contributed by atoms with E-state index in [2.05, 4.69) is 0 Å². The third-order valence-corrected chi connectivity index (χ3v) is 5.80. The number of hydrogen-bond acceptors (Lipinski definition) is 5. The number of carbonyl (C=O) groups excluding carboxylic acids is 2. The van der Waals surface area contributed by atoms with Gasteiger partial charge in [0, 0.05) is 19.2 Å². The largest absolute Gasteiger partial charge is 0.476 e. The van der Waals surface area contributed by atoms with Crippen LogP contribution in [0.2, 0.25) is 0 Å². The standard InChI is InChI=1S/C24H24N2O5/c27-23(11-9-17-8-10-20-21(14-17)30-16-29-20)26-15-22(24(28)25-12-4-1-5-13-25)31-19-7-3-2-6-18(19)26/h2-3,6-11,14,22H,1,4-5,12-13,15-16H2/b11-9+/t22-/m0/s1. The second-order valence-corrected chi connectivity index (χ2v) is 7.86. The Morgan fingerprint density at radius 3 is 2.61 bits per heavy atom. The smallest absolute Gasteiger partial charge is 0.265 e. The summed E-state index contributed by atoms with van der Waals surface area (Å²) in [5, 5.41) is 0. The number of nitrogens with zero attached hydrogens (tertiary/aromatic N) is 2. The lowest BCUT2D eigenvalue weighted by atomic mass is 10.1. The summed E-state index contributed by atoms with van der Waals surface area (Å²) in [6, 6.07) is 12.9. The van der Waals surface area contributed by atoms with E-state index in [0.717, 1.165) is 37.9 Å². The second-order valence-electron chi connectivity index (χ2n) is 7.86. The molecular formula is C24H24N2O5. The van der Waals surface area contributed by atoms with Gasteiger partial charge in [0.15, 0.2) is 17.6 Å². The number of carbonyl (C=O) groups is 2. The van der Waals surface area contributed by atoms with Crippen molar-refractivity contribution >= 4 is 23.6 Å². The maximum absolute atomic E-state index is 13.1. The van der Waals surface area contributed by atoms with E-state index in [-0.39, 0.29) is 25.2 Å². The molecule has 3 aliphatic heterocycles. The minimum Gasteiger partial charge on any atom is -0.476 e. The Morgan fingerprint density at radius 2 is 1.74 bits per heavy atom. The second kappa shape index (κ2) is 8.34. The lowest BCUT2D eigenvalue weighted by Gasteiger charge is -2.37. The molecule has 0 bridgehead atoms. The number of likely N-dealkylation sites (tertiary alicyclic amines) is 1. The minimum atomic E-state index is -0.698. The van der Waals surface area contributed by atoms with Crippen molar-refractivity contribution in [3.63, 3.8) is 0 Å². The normalized spacial score (nSPS) is 19.8. The van der Waals surface area contributed by atoms with E-state index < -0.39 is 6.10 Å². The van der Waals surface area contributed by atoms with E-state index in [1.54, 1.807) is 17.0 Å². The first-order valence-electron chi connectivity index (χ1n) is 10.6. The minimum absolute atomic E-state index is 0.0493. The molecule has 7 nitrogen and oxygen atoms in total. The Hall–Kier alpha value is -3.48. The van der Waals surface area contributed by atoms with E-state index in [9.17, 15) is 9.59 Å². The third kappa shape index (κ3) is 3.95. The molecule has 2 amide bonds. The molecule has 1 fully saturated rings. The number of para-hydroxylation sites is 2. The van der Waals surface area contributed by atoms with Crippen LogP contribution in [0.5, 0.6) is 17.2 Å². The van der Waals surface area contributed by atoms with Crippen LogP contribution >= 0.6 is 0 Å². The molecule has 31 heavy (non-hydrogen) atoms. The lowest BCUT2D eigenvalue weighted by molar-refractivity contribution is -0.139. The first-order valence-corrected chi connectivity index (χ1v) is 10.6. The zero-order chi connectivity index (χ0) is 21.2. The maximum atomic E-state index is 13.1. The summed E-state index contributed by atoms with van der Waals surface area (Å²) < 4.78 is 16.7. The van der Waals surface area contributed by atoms with Crippen LogP contribution in [-0.2, 0) is 9.59 Å². The fourth-order valence-electron chi connectivity index (χ4n) is 4.16. The molecule has 160 valence electrons. The van der Waals surface area contributed by atoms with Gasteiger partial charge < -0.3 is 24.0 Å². The van der Waals surface area contributed by atoms with Gasteiger partial charge in [-0.2, -0.15) is 0 Å². The zero-order valence-electron chi connectivity index (χ0n) is 17.2. The molecule has 5 rings (SSSR count). The van der Waals surface area contributed by atoms with Crippen molar-refractivity contribution < 1.29 is 23.8 Å². The Kier molecular flexibility index (Phi) is 5.24. The van der Waals surface area contributed by atoms with Crippen molar-refractivity contribution in [2.24, 2.45) is 0 Å². The Morgan fingerprint density at radius 1 is 0.935 bits per heavy atom. The third-order valence-electron chi connectivity index (χ3n) is 5.80. The van der Waals surface area contributed by atoms with Gasteiger partial charge in [-0.25, -0.2) is 0 Å². The van der Waals surface area contributed by atoms with Gasteiger partial charge >= 0.3 is 0 Å². The highest BCUT2D eigenvalue weighted by Gasteiger charge is 2.35. The molecule has 0 radical (unpaired) electrons. The summed E-state index contributed by atoms with van der Waals surface area (Å²) in [5.74, 6) is 1.66. The molecule has 1 atom stereocenters. The van der Waals surface area contributed by atoms with Crippen LogP contribution in [0.3, 0.4) is 0 Å². The quantitative estimate of drug-likeness (QED) is 0.713. The Balaban J connectivity index is 1.36. The molecule has 7 heteroatoms. The number of rotatable bonds is 3. The molecule has 1 saturated heterocycles. The van der Waals surface area contributed by atoms with Crippen molar-refractivity contribution in [1.29, 1.82) is 0 Å². The monoisotopic (exact) mass is 420 g/mol. The number of fused-ring (bicyclic) bond motifs is 2. The molecule has 3 aliphatic rings. The molecule has 0 unspecified atom stereocenters. The van der Waals surface area contributed by atoms with E-state index >= 15 is 0 Å². The van der Waals surface area contributed by atoms with Gasteiger partial charge in [-0.3, -0.25) is 9.59 Å². The van der Waals surface area contributed by atoms with Gasteiger partial charge in [0.05, 0.1) is 12.2 Å². The summed E-state index contributed by atoms with van der Waals surface area (Å²) in [5.41, 5.74) is 1.51. The maximum Gasteiger partial charge on any atom is 0.265 e. The first-order chi connectivity index (χ1) is 15.2. The summed E-state index contributed by atoms with van der Waals surface area (Å²) in [6.45, 7) is 1.89. The summed E-state index contributed by atoms with van der Waals surface area (Å²) in [6.07, 6.45) is 5.72. The fraction of sp³-hybridized carbons (Fsp3) is 0.333. The number of anilines is 1. The van der Waals surface area contributed by atoms with Crippen LogP contribution in [0.4, 0.5) is 5.69 Å². The van der Waals surface area contributed by atoms with Crippen LogP contribution in [0.1, 0.15) is 24.8 Å². The van der Waals surface area contributed by atoms with Crippen LogP contribution in [0.15, 0.2) is 48.5 Å². The van der Waals surface area contributed by atoms with Crippen molar-refractivity contribution in [3.05, 3.63) is 54.1 Å². The lowest BCUT2D eigenvalue weighted by Crippen LogP contribution is -2.52. The molecule has 0 spiro atoms. The van der Waals surface area contributed by atoms with Crippen LogP contribution in [0.25, 0.3) is 6.08 Å². The number of amides is 2. The highest BCUT2D eigenvalue weighted by atomic mass is 16.7. The molecule has 2 aromatic rings. The molecule has 3 heterocycles. The van der Waals surface area contributed by atoms with Crippen molar-refractivity contribution in [1.82, 2.24) is 4.90 Å². The van der Waals surface area contributed by atoms with Gasteiger partial charge in [0.25, 0.3) is 11.8 Å². The summed E-state index contributed by atoms with van der Waals surface area (Å²) in [7, 11) is 0. The Labute approximate surface area is 180 Å². The highest BCUT2D eigenvalue weighted by molar-refractivity contribution is 6.05. The average Bonchev–Trinajstić information content (AvgIpc) is 3.30.